The molecule has 1 aromatic carbocycles. The van der Waals surface area contributed by atoms with E-state index >= 15 is 0 Å². The van der Waals surface area contributed by atoms with Crippen molar-refractivity contribution in [2.24, 2.45) is 0 Å². The molecule has 1 heterocycles. The Labute approximate surface area is 125 Å². The number of para-hydroxylation sites is 1. The summed E-state index contributed by atoms with van der Waals surface area (Å²) in [6.07, 6.45) is 3.77. The molecule has 0 radical (unpaired) electrons. The zero-order valence-corrected chi connectivity index (χ0v) is 11.2. The van der Waals surface area contributed by atoms with E-state index in [2.05, 4.69) is 5.10 Å². The topological polar surface area (TPSA) is 118 Å². The molecule has 0 N–H and O–H groups in total. The predicted molar refractivity (Wildman–Crippen MR) is 75.2 cm³/mol. The lowest BCUT2D eigenvalue weighted by atomic mass is 10.1. The average Bonchev–Trinajstić information content (AvgIpc) is 3.00. The van der Waals surface area contributed by atoms with Gasteiger partial charge in [-0.1, -0.05) is 18.2 Å². The number of ether oxygens (including phenoxy) is 1. The van der Waals surface area contributed by atoms with Gasteiger partial charge in [-0.25, -0.2) is 4.68 Å². The van der Waals surface area contributed by atoms with Crippen LogP contribution in [0, 0.1) is 32.8 Å². The molecule has 0 fully saturated rings. The standard InChI is InChI=1S/C14H9N5O3/c15-6-11(7-16)5-12-3-1-2-4-14(12)22-10-18-9-13(8-17-18)19(20)21/h1-5,8-9H,10H2. The molecule has 0 atom stereocenters. The van der Waals surface area contributed by atoms with E-state index in [0.717, 1.165) is 6.20 Å². The third kappa shape index (κ3) is 3.46. The van der Waals surface area contributed by atoms with E-state index < -0.39 is 4.92 Å². The van der Waals surface area contributed by atoms with Crippen LogP contribution in [0.15, 0.2) is 42.2 Å². The molecule has 0 saturated heterocycles. The maximum absolute atomic E-state index is 10.6. The van der Waals surface area contributed by atoms with Crippen molar-refractivity contribution in [1.29, 1.82) is 10.5 Å². The molecular formula is C14H9N5O3. The maximum atomic E-state index is 10.6. The molecule has 2 aromatic rings. The zero-order valence-electron chi connectivity index (χ0n) is 11.2. The number of allylic oxidation sites excluding steroid dienone is 1. The predicted octanol–water partition coefficient (Wildman–Crippen LogP) is 2.26. The zero-order chi connectivity index (χ0) is 15.9. The Kier molecular flexibility index (Phi) is 4.48. The molecule has 108 valence electrons. The van der Waals surface area contributed by atoms with Gasteiger partial charge >= 0.3 is 5.69 Å². The van der Waals surface area contributed by atoms with Crippen LogP contribution < -0.4 is 4.74 Å². The Hall–Kier alpha value is -3.65. The summed E-state index contributed by atoms with van der Waals surface area (Å²) in [5.74, 6) is 0.434. The highest BCUT2D eigenvalue weighted by Gasteiger charge is 2.09. The number of benzene rings is 1. The highest BCUT2D eigenvalue weighted by Crippen LogP contribution is 2.21. The molecule has 1 aromatic heterocycles. The fraction of sp³-hybridized carbons (Fsp3) is 0.0714. The first-order valence-corrected chi connectivity index (χ1v) is 6.04. The van der Waals surface area contributed by atoms with Crippen LogP contribution in [-0.2, 0) is 6.73 Å². The van der Waals surface area contributed by atoms with E-state index in [9.17, 15) is 10.1 Å². The molecule has 0 aliphatic rings. The van der Waals surface area contributed by atoms with Crippen molar-refractivity contribution < 1.29 is 9.66 Å². The molecule has 8 nitrogen and oxygen atoms in total. The molecule has 0 aliphatic carbocycles. The summed E-state index contributed by atoms with van der Waals surface area (Å²) >= 11 is 0. The lowest BCUT2D eigenvalue weighted by Crippen LogP contribution is -2.06. The molecule has 0 bridgehead atoms. The van der Waals surface area contributed by atoms with E-state index in [1.807, 2.05) is 0 Å². The van der Waals surface area contributed by atoms with E-state index in [1.165, 1.54) is 17.0 Å². The highest BCUT2D eigenvalue weighted by molar-refractivity contribution is 5.66. The van der Waals surface area contributed by atoms with Crippen LogP contribution in [0.25, 0.3) is 6.08 Å². The summed E-state index contributed by atoms with van der Waals surface area (Å²) in [6.45, 7) is -0.0346. The second-order valence-corrected chi connectivity index (χ2v) is 4.09. The van der Waals surface area contributed by atoms with E-state index in [0.29, 0.717) is 11.3 Å². The van der Waals surface area contributed by atoms with Crippen LogP contribution in [-0.4, -0.2) is 14.7 Å². The molecule has 22 heavy (non-hydrogen) atoms. The van der Waals surface area contributed by atoms with Crippen LogP contribution in [0.1, 0.15) is 5.56 Å². The second-order valence-electron chi connectivity index (χ2n) is 4.09. The minimum absolute atomic E-state index is 0.0346. The van der Waals surface area contributed by atoms with Gasteiger partial charge in [0.2, 0.25) is 0 Å². The van der Waals surface area contributed by atoms with Crippen molar-refractivity contribution in [1.82, 2.24) is 9.78 Å². The van der Waals surface area contributed by atoms with Crippen LogP contribution in [0.3, 0.4) is 0 Å². The van der Waals surface area contributed by atoms with Gasteiger partial charge in [0.05, 0.1) is 4.92 Å². The Morgan fingerprint density at radius 2 is 2.14 bits per heavy atom. The summed E-state index contributed by atoms with van der Waals surface area (Å²) in [4.78, 5) is 10.0. The summed E-state index contributed by atoms with van der Waals surface area (Å²) < 4.78 is 6.79. The van der Waals surface area contributed by atoms with Gasteiger partial charge in [-0.15, -0.1) is 0 Å². The van der Waals surface area contributed by atoms with Gasteiger partial charge in [-0.3, -0.25) is 10.1 Å². The third-order valence-electron chi connectivity index (χ3n) is 2.64. The van der Waals surface area contributed by atoms with Crippen molar-refractivity contribution in [3.05, 3.63) is 57.9 Å². The SMILES string of the molecule is N#CC(C#N)=Cc1ccccc1OCn1cc([N+](=O)[O-])cn1. The Morgan fingerprint density at radius 3 is 2.77 bits per heavy atom. The summed E-state index contributed by atoms with van der Waals surface area (Å²) in [5.41, 5.74) is 0.376. The minimum Gasteiger partial charge on any atom is -0.471 e. The first-order valence-electron chi connectivity index (χ1n) is 6.04. The monoisotopic (exact) mass is 295 g/mol. The van der Waals surface area contributed by atoms with E-state index in [4.69, 9.17) is 15.3 Å². The molecule has 0 spiro atoms. The van der Waals surface area contributed by atoms with Crippen molar-refractivity contribution in [3.63, 3.8) is 0 Å². The van der Waals surface area contributed by atoms with Crippen molar-refractivity contribution in [3.8, 4) is 17.9 Å². The van der Waals surface area contributed by atoms with Crippen LogP contribution >= 0.6 is 0 Å². The van der Waals surface area contributed by atoms with Crippen molar-refractivity contribution >= 4 is 11.8 Å². The first kappa shape index (κ1) is 14.8. The largest absolute Gasteiger partial charge is 0.471 e. The first-order chi connectivity index (χ1) is 10.6. The van der Waals surface area contributed by atoms with Gasteiger partial charge in [-0.2, -0.15) is 15.6 Å². The fourth-order valence-electron chi connectivity index (χ4n) is 1.63. The second kappa shape index (κ2) is 6.68. The number of hydrogen-bond donors (Lipinski definition) is 0. The number of nitriles is 2. The summed E-state index contributed by atoms with van der Waals surface area (Å²) in [5, 5.41) is 31.9. The molecule has 2 rings (SSSR count). The van der Waals surface area contributed by atoms with Gasteiger partial charge in [-0.05, 0) is 12.1 Å². The molecule has 8 heteroatoms. The van der Waals surface area contributed by atoms with Gasteiger partial charge in [0.25, 0.3) is 0 Å². The Morgan fingerprint density at radius 1 is 1.41 bits per heavy atom. The average molecular weight is 295 g/mol. The van der Waals surface area contributed by atoms with Gasteiger partial charge in [0, 0.05) is 5.56 Å². The lowest BCUT2D eigenvalue weighted by Gasteiger charge is -2.08. The smallest absolute Gasteiger partial charge is 0.307 e. The Bertz CT molecular complexity index is 794. The van der Waals surface area contributed by atoms with Crippen LogP contribution in [0.2, 0.25) is 0 Å². The minimum atomic E-state index is -0.549. The molecule has 0 amide bonds. The maximum Gasteiger partial charge on any atom is 0.307 e. The van der Waals surface area contributed by atoms with Crippen molar-refractivity contribution in [2.45, 2.75) is 6.73 Å². The normalized spacial score (nSPS) is 9.36. The van der Waals surface area contributed by atoms with Crippen LogP contribution in [0.4, 0.5) is 5.69 Å². The number of nitro groups is 1. The fourth-order valence-corrected chi connectivity index (χ4v) is 1.63. The van der Waals surface area contributed by atoms with E-state index in [1.54, 1.807) is 36.4 Å². The van der Waals surface area contributed by atoms with Gasteiger partial charge in [0.15, 0.2) is 6.73 Å². The van der Waals surface area contributed by atoms with Gasteiger partial charge < -0.3 is 4.74 Å². The van der Waals surface area contributed by atoms with E-state index in [-0.39, 0.29) is 18.0 Å². The number of hydrogen-bond acceptors (Lipinski definition) is 6. The number of rotatable bonds is 5. The number of nitrogens with zero attached hydrogens (tertiary/aromatic N) is 5. The Balaban J connectivity index is 2.17. The van der Waals surface area contributed by atoms with Crippen molar-refractivity contribution in [2.75, 3.05) is 0 Å². The molecule has 0 saturated carbocycles. The summed E-state index contributed by atoms with van der Waals surface area (Å²) in [7, 11) is 0. The number of aromatic nitrogens is 2. The van der Waals surface area contributed by atoms with Crippen LogP contribution in [0.5, 0.6) is 5.75 Å². The highest BCUT2D eigenvalue weighted by atomic mass is 16.6. The lowest BCUT2D eigenvalue weighted by molar-refractivity contribution is -0.385. The third-order valence-corrected chi connectivity index (χ3v) is 2.64. The molecular weight excluding hydrogens is 286 g/mol. The molecule has 0 aliphatic heterocycles. The quantitative estimate of drug-likeness (QED) is 0.474. The summed E-state index contributed by atoms with van der Waals surface area (Å²) in [6, 6.07) is 10.4. The molecule has 0 unspecified atom stereocenters. The van der Waals surface area contributed by atoms with Gasteiger partial charge in [0.1, 0.15) is 35.9 Å².